The van der Waals surface area contributed by atoms with Gasteiger partial charge in [-0.15, -0.1) is 0 Å². The summed E-state index contributed by atoms with van der Waals surface area (Å²) >= 11 is 0. The van der Waals surface area contributed by atoms with Crippen LogP contribution in [0.2, 0.25) is 0 Å². The second-order valence-electron chi connectivity index (χ2n) is 3.64. The van der Waals surface area contributed by atoms with Gasteiger partial charge >= 0.3 is 0 Å². The van der Waals surface area contributed by atoms with Gasteiger partial charge in [0.15, 0.2) is 11.6 Å². The minimum Gasteiger partial charge on any atom is -0.508 e. The summed E-state index contributed by atoms with van der Waals surface area (Å²) in [5, 5.41) is 19.2. The van der Waals surface area contributed by atoms with E-state index in [2.05, 4.69) is 0 Å². The van der Waals surface area contributed by atoms with Gasteiger partial charge in [0.05, 0.1) is 0 Å². The Bertz CT molecular complexity index is 443. The molecule has 0 atom stereocenters. The Kier molecular flexibility index (Phi) is 2.48. The van der Waals surface area contributed by atoms with Crippen LogP contribution in [-0.4, -0.2) is 21.8 Å². The van der Waals surface area contributed by atoms with Crippen LogP contribution in [0, 0.1) is 0 Å². The number of ketones is 2. The monoisotopic (exact) mass is 218 g/mol. The van der Waals surface area contributed by atoms with Gasteiger partial charge in [-0.3, -0.25) is 9.59 Å². The van der Waals surface area contributed by atoms with Crippen molar-refractivity contribution < 1.29 is 19.8 Å². The molecule has 2 aliphatic carbocycles. The molecule has 0 unspecified atom stereocenters. The van der Waals surface area contributed by atoms with Crippen LogP contribution < -0.4 is 0 Å². The highest BCUT2D eigenvalue weighted by atomic mass is 16.3. The average molecular weight is 218 g/mol. The normalized spacial score (nSPS) is 21.0. The summed E-state index contributed by atoms with van der Waals surface area (Å²) in [6.45, 7) is 0. The molecule has 0 saturated carbocycles. The Morgan fingerprint density at radius 2 is 1.19 bits per heavy atom. The number of rotatable bonds is 1. The van der Waals surface area contributed by atoms with Crippen LogP contribution >= 0.6 is 0 Å². The maximum atomic E-state index is 11.2. The molecule has 2 aliphatic rings. The van der Waals surface area contributed by atoms with Crippen molar-refractivity contribution in [2.75, 3.05) is 0 Å². The molecule has 0 aromatic heterocycles. The average Bonchev–Trinajstić information content (AvgIpc) is 2.25. The molecule has 4 nitrogen and oxygen atoms in total. The van der Waals surface area contributed by atoms with Crippen LogP contribution in [0.4, 0.5) is 0 Å². The Balaban J connectivity index is 2.45. The van der Waals surface area contributed by atoms with Crippen LogP contribution in [0.15, 0.2) is 47.0 Å². The van der Waals surface area contributed by atoms with Gasteiger partial charge in [0, 0.05) is 24.0 Å². The summed E-state index contributed by atoms with van der Waals surface area (Å²) in [6.07, 6.45) is 5.49. The first kappa shape index (κ1) is 10.4. The van der Waals surface area contributed by atoms with E-state index in [1.54, 1.807) is 0 Å². The summed E-state index contributed by atoms with van der Waals surface area (Å²) in [6, 6.07) is 0. The number of aliphatic hydroxyl groups excluding tert-OH is 2. The lowest BCUT2D eigenvalue weighted by Crippen LogP contribution is -2.10. The van der Waals surface area contributed by atoms with Crippen LogP contribution in [0.25, 0.3) is 0 Å². The second-order valence-corrected chi connectivity index (χ2v) is 3.64. The predicted octanol–water partition coefficient (Wildman–Crippen LogP) is 1.67. The maximum Gasteiger partial charge on any atom is 0.160 e. The van der Waals surface area contributed by atoms with Crippen molar-refractivity contribution in [2.45, 2.75) is 12.8 Å². The molecule has 2 rings (SSSR count). The quantitative estimate of drug-likeness (QED) is 0.702. The fraction of sp³-hybridized carbons (Fsp3) is 0.167. The standard InChI is InChI=1S/C12H10O4/c13-7-1-3-11(15)9(5-7)10-6-8(14)2-4-12(10)16/h3-6,15-16H,1-2H2. The molecule has 0 aromatic rings. The Morgan fingerprint density at radius 1 is 0.812 bits per heavy atom. The zero-order chi connectivity index (χ0) is 11.7. The molecule has 0 bridgehead atoms. The number of hydrogen-bond acceptors (Lipinski definition) is 4. The van der Waals surface area contributed by atoms with Crippen LogP contribution in [0.5, 0.6) is 0 Å². The van der Waals surface area contributed by atoms with Gasteiger partial charge in [-0.25, -0.2) is 0 Å². The Labute approximate surface area is 91.9 Å². The van der Waals surface area contributed by atoms with E-state index in [4.69, 9.17) is 0 Å². The Hall–Kier alpha value is -2.10. The molecule has 0 heterocycles. The third-order valence-electron chi connectivity index (χ3n) is 2.45. The summed E-state index contributed by atoms with van der Waals surface area (Å²) < 4.78 is 0. The molecular formula is C12H10O4. The summed E-state index contributed by atoms with van der Waals surface area (Å²) in [5.74, 6) is -0.500. The summed E-state index contributed by atoms with van der Waals surface area (Å²) in [4.78, 5) is 22.4. The van der Waals surface area contributed by atoms with Crippen LogP contribution in [-0.2, 0) is 9.59 Å². The maximum absolute atomic E-state index is 11.2. The van der Waals surface area contributed by atoms with E-state index in [0.29, 0.717) is 0 Å². The van der Waals surface area contributed by atoms with Crippen LogP contribution in [0.1, 0.15) is 12.8 Å². The highest BCUT2D eigenvalue weighted by Crippen LogP contribution is 2.28. The fourth-order valence-corrected chi connectivity index (χ4v) is 1.63. The van der Waals surface area contributed by atoms with Gasteiger partial charge in [0.1, 0.15) is 11.5 Å². The minimum atomic E-state index is -0.167. The first-order valence-electron chi connectivity index (χ1n) is 4.86. The largest absolute Gasteiger partial charge is 0.508 e. The number of carbonyl (C=O) groups excluding carboxylic acids is 2. The molecule has 0 spiro atoms. The molecule has 0 fully saturated rings. The second kappa shape index (κ2) is 3.81. The highest BCUT2D eigenvalue weighted by molar-refractivity contribution is 5.98. The van der Waals surface area contributed by atoms with Gasteiger partial charge in [-0.2, -0.15) is 0 Å². The van der Waals surface area contributed by atoms with Crippen molar-refractivity contribution in [1.82, 2.24) is 0 Å². The van der Waals surface area contributed by atoms with E-state index in [1.807, 2.05) is 0 Å². The number of carbonyl (C=O) groups is 2. The smallest absolute Gasteiger partial charge is 0.160 e. The van der Waals surface area contributed by atoms with Crippen molar-refractivity contribution in [2.24, 2.45) is 0 Å². The molecule has 82 valence electrons. The van der Waals surface area contributed by atoms with Gasteiger partial charge in [0.25, 0.3) is 0 Å². The van der Waals surface area contributed by atoms with Gasteiger partial charge in [-0.1, -0.05) is 0 Å². The first-order chi connectivity index (χ1) is 7.58. The molecule has 0 radical (unpaired) electrons. The van der Waals surface area contributed by atoms with Crippen molar-refractivity contribution in [3.05, 3.63) is 47.0 Å². The number of aliphatic hydroxyl groups is 2. The molecule has 16 heavy (non-hydrogen) atoms. The lowest BCUT2D eigenvalue weighted by molar-refractivity contribution is -0.115. The van der Waals surface area contributed by atoms with Gasteiger partial charge in [-0.05, 0) is 24.3 Å². The van der Waals surface area contributed by atoms with E-state index < -0.39 is 0 Å². The molecule has 2 N–H and O–H groups in total. The number of hydrogen-bond donors (Lipinski definition) is 2. The van der Waals surface area contributed by atoms with Crippen molar-refractivity contribution >= 4 is 11.6 Å². The zero-order valence-electron chi connectivity index (χ0n) is 8.43. The predicted molar refractivity (Wildman–Crippen MR) is 56.8 cm³/mol. The first-order valence-corrected chi connectivity index (χ1v) is 4.86. The minimum absolute atomic E-state index is 0.0829. The topological polar surface area (TPSA) is 74.6 Å². The Morgan fingerprint density at radius 3 is 1.56 bits per heavy atom. The highest BCUT2D eigenvalue weighted by Gasteiger charge is 2.22. The van der Waals surface area contributed by atoms with E-state index in [-0.39, 0.29) is 47.1 Å². The van der Waals surface area contributed by atoms with E-state index in [0.717, 1.165) is 0 Å². The van der Waals surface area contributed by atoms with Gasteiger partial charge < -0.3 is 10.2 Å². The van der Waals surface area contributed by atoms with Crippen LogP contribution in [0.3, 0.4) is 0 Å². The lowest BCUT2D eigenvalue weighted by Gasteiger charge is -2.16. The zero-order valence-corrected chi connectivity index (χ0v) is 8.43. The lowest BCUT2D eigenvalue weighted by atomic mass is 9.92. The van der Waals surface area contributed by atoms with Crippen molar-refractivity contribution in [3.63, 3.8) is 0 Å². The fourth-order valence-electron chi connectivity index (χ4n) is 1.63. The van der Waals surface area contributed by atoms with E-state index >= 15 is 0 Å². The van der Waals surface area contributed by atoms with Crippen molar-refractivity contribution in [3.8, 4) is 0 Å². The molecule has 4 heteroatoms. The summed E-state index contributed by atoms with van der Waals surface area (Å²) in [7, 11) is 0. The molecular weight excluding hydrogens is 208 g/mol. The SMILES string of the molecule is O=C1C=C(C2=CC(=O)CC=C2O)C(O)=CC1. The molecule has 0 amide bonds. The third kappa shape index (κ3) is 1.82. The molecule has 0 aliphatic heterocycles. The number of allylic oxidation sites excluding steroid dienone is 6. The molecule has 0 saturated heterocycles. The van der Waals surface area contributed by atoms with Gasteiger partial charge in [0.2, 0.25) is 0 Å². The van der Waals surface area contributed by atoms with E-state index in [1.165, 1.54) is 24.3 Å². The summed E-state index contributed by atoms with van der Waals surface area (Å²) in [5.41, 5.74) is 0.413. The van der Waals surface area contributed by atoms with Crippen molar-refractivity contribution in [1.29, 1.82) is 0 Å². The third-order valence-corrected chi connectivity index (χ3v) is 2.45. The van der Waals surface area contributed by atoms with E-state index in [9.17, 15) is 19.8 Å². The molecule has 0 aromatic carbocycles.